The molecule has 3 rings (SSSR count). The highest BCUT2D eigenvalue weighted by molar-refractivity contribution is 5.93. The molecule has 1 aromatic heterocycles. The van der Waals surface area contributed by atoms with Crippen LogP contribution in [0, 0.1) is 5.82 Å². The minimum atomic E-state index is -0.499. The fourth-order valence-electron chi connectivity index (χ4n) is 2.07. The van der Waals surface area contributed by atoms with Crippen molar-refractivity contribution in [2.45, 2.75) is 0 Å². The van der Waals surface area contributed by atoms with Gasteiger partial charge in [-0.25, -0.2) is 14.4 Å². The number of primary amides is 1. The molecule has 23 heavy (non-hydrogen) atoms. The number of hydrogen-bond acceptors (Lipinski definition) is 4. The predicted octanol–water partition coefficient (Wildman–Crippen LogP) is 3.13. The quantitative estimate of drug-likeness (QED) is 0.776. The molecule has 0 saturated carbocycles. The van der Waals surface area contributed by atoms with E-state index in [0.29, 0.717) is 16.8 Å². The number of aromatic nitrogens is 2. The number of hydrogen-bond donors (Lipinski definition) is 2. The molecule has 0 aliphatic carbocycles. The molecule has 6 heteroatoms. The Morgan fingerprint density at radius 2 is 1.74 bits per heavy atom. The molecule has 0 spiro atoms. The first kappa shape index (κ1) is 14.6. The van der Waals surface area contributed by atoms with Gasteiger partial charge in [0.15, 0.2) is 5.82 Å². The molecule has 0 radical (unpaired) electrons. The summed E-state index contributed by atoms with van der Waals surface area (Å²) in [4.78, 5) is 19.2. The Balaban J connectivity index is 1.88. The van der Waals surface area contributed by atoms with Gasteiger partial charge in [-0.3, -0.25) is 4.79 Å². The summed E-state index contributed by atoms with van der Waals surface area (Å²) in [5.74, 6) is -0.733. The summed E-state index contributed by atoms with van der Waals surface area (Å²) in [5, 5.41) is 2.97. The number of benzene rings is 2. The first-order chi connectivity index (χ1) is 11.1. The number of halogens is 1. The van der Waals surface area contributed by atoms with E-state index in [9.17, 15) is 9.18 Å². The standard InChI is InChI=1S/C17H13FN4O/c18-14-10-20-17(22-15(14)11-4-2-1-3-5-11)21-13-8-6-12(7-9-13)16(19)23/h1-10H,(H2,19,23)(H,20,21,22). The zero-order chi connectivity index (χ0) is 16.2. The number of amides is 1. The van der Waals surface area contributed by atoms with Gasteiger partial charge in [-0.1, -0.05) is 30.3 Å². The van der Waals surface area contributed by atoms with Gasteiger partial charge in [0.1, 0.15) is 5.69 Å². The van der Waals surface area contributed by atoms with Crippen LogP contribution < -0.4 is 11.1 Å². The lowest BCUT2D eigenvalue weighted by Crippen LogP contribution is -2.10. The molecule has 0 saturated heterocycles. The summed E-state index contributed by atoms with van der Waals surface area (Å²) >= 11 is 0. The number of nitrogens with two attached hydrogens (primary N) is 1. The smallest absolute Gasteiger partial charge is 0.248 e. The Kier molecular flexibility index (Phi) is 3.97. The van der Waals surface area contributed by atoms with Gasteiger partial charge in [-0.05, 0) is 24.3 Å². The molecule has 114 valence electrons. The molecule has 3 aromatic rings. The fraction of sp³-hybridized carbons (Fsp3) is 0. The van der Waals surface area contributed by atoms with Crippen LogP contribution in [0.3, 0.4) is 0 Å². The summed E-state index contributed by atoms with van der Waals surface area (Å²) in [6.07, 6.45) is 1.12. The van der Waals surface area contributed by atoms with Crippen molar-refractivity contribution in [2.24, 2.45) is 5.73 Å². The molecule has 2 aromatic carbocycles. The first-order valence-electron chi connectivity index (χ1n) is 6.88. The van der Waals surface area contributed by atoms with Crippen LogP contribution in [0.5, 0.6) is 0 Å². The molecular formula is C17H13FN4O. The first-order valence-corrected chi connectivity index (χ1v) is 6.88. The minimum Gasteiger partial charge on any atom is -0.366 e. The zero-order valence-corrected chi connectivity index (χ0v) is 12.0. The third kappa shape index (κ3) is 3.32. The van der Waals surface area contributed by atoms with E-state index in [2.05, 4.69) is 15.3 Å². The Hall–Kier alpha value is -3.28. The maximum absolute atomic E-state index is 13.9. The van der Waals surface area contributed by atoms with E-state index in [4.69, 9.17) is 5.73 Å². The minimum absolute atomic E-state index is 0.219. The van der Waals surface area contributed by atoms with Gasteiger partial charge >= 0.3 is 0 Å². The third-order valence-electron chi connectivity index (χ3n) is 3.22. The molecule has 3 N–H and O–H groups in total. The number of nitrogens with zero attached hydrogens (tertiary/aromatic N) is 2. The number of carbonyl (C=O) groups is 1. The molecule has 0 bridgehead atoms. The predicted molar refractivity (Wildman–Crippen MR) is 85.7 cm³/mol. The molecule has 0 atom stereocenters. The molecule has 1 amide bonds. The lowest BCUT2D eigenvalue weighted by Gasteiger charge is -2.08. The van der Waals surface area contributed by atoms with E-state index in [-0.39, 0.29) is 11.6 Å². The van der Waals surface area contributed by atoms with Gasteiger partial charge < -0.3 is 11.1 Å². The van der Waals surface area contributed by atoms with Gasteiger partial charge in [0.25, 0.3) is 0 Å². The Labute approximate surface area is 132 Å². The van der Waals surface area contributed by atoms with Crippen molar-refractivity contribution in [3.63, 3.8) is 0 Å². The van der Waals surface area contributed by atoms with Gasteiger partial charge in [0.05, 0.1) is 6.20 Å². The summed E-state index contributed by atoms with van der Waals surface area (Å²) in [7, 11) is 0. The van der Waals surface area contributed by atoms with E-state index in [1.54, 1.807) is 36.4 Å². The summed E-state index contributed by atoms with van der Waals surface area (Å²) in [6.45, 7) is 0. The normalized spacial score (nSPS) is 10.3. The largest absolute Gasteiger partial charge is 0.366 e. The van der Waals surface area contributed by atoms with Crippen LogP contribution in [0.4, 0.5) is 16.0 Å². The van der Waals surface area contributed by atoms with Crippen LogP contribution in [-0.4, -0.2) is 15.9 Å². The van der Waals surface area contributed by atoms with Gasteiger partial charge in [0, 0.05) is 16.8 Å². The molecule has 1 heterocycles. The second-order valence-corrected chi connectivity index (χ2v) is 4.82. The lowest BCUT2D eigenvalue weighted by atomic mass is 10.1. The third-order valence-corrected chi connectivity index (χ3v) is 3.22. The van der Waals surface area contributed by atoms with Crippen LogP contribution in [-0.2, 0) is 0 Å². The van der Waals surface area contributed by atoms with Crippen LogP contribution in [0.25, 0.3) is 11.3 Å². The summed E-state index contributed by atoms with van der Waals surface area (Å²) in [5.41, 5.74) is 7.15. The highest BCUT2D eigenvalue weighted by Crippen LogP contribution is 2.22. The Morgan fingerprint density at radius 3 is 2.39 bits per heavy atom. The van der Waals surface area contributed by atoms with Crippen LogP contribution in [0.1, 0.15) is 10.4 Å². The maximum atomic E-state index is 13.9. The maximum Gasteiger partial charge on any atom is 0.248 e. The Morgan fingerprint density at radius 1 is 1.04 bits per heavy atom. The van der Waals surface area contributed by atoms with Crippen LogP contribution in [0.2, 0.25) is 0 Å². The van der Waals surface area contributed by atoms with Gasteiger partial charge in [0.2, 0.25) is 11.9 Å². The molecule has 5 nitrogen and oxygen atoms in total. The highest BCUT2D eigenvalue weighted by atomic mass is 19.1. The van der Waals surface area contributed by atoms with Crippen molar-refractivity contribution < 1.29 is 9.18 Å². The second-order valence-electron chi connectivity index (χ2n) is 4.82. The van der Waals surface area contributed by atoms with E-state index in [1.807, 2.05) is 18.2 Å². The van der Waals surface area contributed by atoms with Crippen LogP contribution >= 0.6 is 0 Å². The fourth-order valence-corrected chi connectivity index (χ4v) is 2.07. The van der Waals surface area contributed by atoms with Crippen molar-refractivity contribution in [1.82, 2.24) is 9.97 Å². The monoisotopic (exact) mass is 308 g/mol. The highest BCUT2D eigenvalue weighted by Gasteiger charge is 2.09. The average molecular weight is 308 g/mol. The summed E-state index contributed by atoms with van der Waals surface area (Å²) < 4.78 is 13.9. The van der Waals surface area contributed by atoms with E-state index >= 15 is 0 Å². The second kappa shape index (κ2) is 6.23. The topological polar surface area (TPSA) is 80.9 Å². The van der Waals surface area contributed by atoms with Gasteiger partial charge in [-0.2, -0.15) is 0 Å². The van der Waals surface area contributed by atoms with Crippen molar-refractivity contribution in [1.29, 1.82) is 0 Å². The number of anilines is 2. The molecule has 0 aliphatic rings. The molecule has 0 unspecified atom stereocenters. The van der Waals surface area contributed by atoms with Gasteiger partial charge in [-0.15, -0.1) is 0 Å². The van der Waals surface area contributed by atoms with Crippen LogP contribution in [0.15, 0.2) is 60.8 Å². The van der Waals surface area contributed by atoms with E-state index < -0.39 is 11.7 Å². The SMILES string of the molecule is NC(=O)c1ccc(Nc2ncc(F)c(-c3ccccc3)n2)cc1. The Bertz CT molecular complexity index is 835. The average Bonchev–Trinajstić information content (AvgIpc) is 2.58. The number of rotatable bonds is 4. The van der Waals surface area contributed by atoms with Crippen molar-refractivity contribution >= 4 is 17.5 Å². The van der Waals surface area contributed by atoms with E-state index in [1.165, 1.54) is 0 Å². The number of nitrogens with one attached hydrogen (secondary N) is 1. The lowest BCUT2D eigenvalue weighted by molar-refractivity contribution is 0.100. The van der Waals surface area contributed by atoms with Crippen molar-refractivity contribution in [3.8, 4) is 11.3 Å². The zero-order valence-electron chi connectivity index (χ0n) is 12.0. The molecule has 0 fully saturated rings. The van der Waals surface area contributed by atoms with Crippen molar-refractivity contribution in [2.75, 3.05) is 5.32 Å². The van der Waals surface area contributed by atoms with Crippen molar-refractivity contribution in [3.05, 3.63) is 72.2 Å². The molecular weight excluding hydrogens is 295 g/mol. The summed E-state index contributed by atoms with van der Waals surface area (Å²) in [6, 6.07) is 15.6. The molecule has 0 aliphatic heterocycles. The number of carbonyl (C=O) groups excluding carboxylic acids is 1. The van der Waals surface area contributed by atoms with E-state index in [0.717, 1.165) is 6.20 Å².